The molecule has 84 valence electrons. The average Bonchev–Trinajstić information content (AvgIpc) is 2.53. The summed E-state index contributed by atoms with van der Waals surface area (Å²) in [5.74, 6) is 0.940. The fraction of sp³-hybridized carbons (Fsp3) is 1.00. The van der Waals surface area contributed by atoms with E-state index in [-0.39, 0.29) is 0 Å². The Hall–Kier alpha value is -0.0800. The van der Waals surface area contributed by atoms with Gasteiger partial charge in [0, 0.05) is 12.6 Å². The Morgan fingerprint density at radius 1 is 1.43 bits per heavy atom. The number of nitrogens with zero attached hydrogens (tertiary/aromatic N) is 1. The molecule has 2 unspecified atom stereocenters. The van der Waals surface area contributed by atoms with E-state index in [1.54, 1.807) is 0 Å². The first-order valence-electron chi connectivity index (χ1n) is 6.22. The summed E-state index contributed by atoms with van der Waals surface area (Å²) >= 11 is 0. The predicted molar refractivity (Wildman–Crippen MR) is 62.6 cm³/mol. The van der Waals surface area contributed by atoms with Gasteiger partial charge in [-0.25, -0.2) is 0 Å². The third-order valence-corrected chi connectivity index (χ3v) is 3.15. The normalized spacial score (nSPS) is 25.5. The smallest absolute Gasteiger partial charge is 0.00417 e. The molecule has 14 heavy (non-hydrogen) atoms. The molecule has 2 heteroatoms. The fourth-order valence-corrected chi connectivity index (χ4v) is 2.56. The first-order valence-corrected chi connectivity index (χ1v) is 6.22. The number of rotatable bonds is 6. The van der Waals surface area contributed by atoms with E-state index in [2.05, 4.69) is 31.0 Å². The molecule has 0 aromatic heterocycles. The van der Waals surface area contributed by atoms with Gasteiger partial charge in [0.25, 0.3) is 0 Å². The highest BCUT2D eigenvalue weighted by Crippen LogP contribution is 2.20. The molecule has 1 heterocycles. The zero-order chi connectivity index (χ0) is 10.4. The number of hydrogen-bond acceptors (Lipinski definition) is 2. The molecule has 0 saturated carbocycles. The van der Waals surface area contributed by atoms with Gasteiger partial charge in [-0.1, -0.05) is 13.8 Å². The number of hydrogen-bond donors (Lipinski definition) is 1. The van der Waals surface area contributed by atoms with Crippen LogP contribution in [-0.2, 0) is 0 Å². The minimum absolute atomic E-state index is 0.701. The Balaban J connectivity index is 2.15. The highest BCUT2D eigenvalue weighted by Gasteiger charge is 2.22. The van der Waals surface area contributed by atoms with Crippen molar-refractivity contribution in [3.05, 3.63) is 0 Å². The molecule has 0 aromatic rings. The lowest BCUT2D eigenvalue weighted by Gasteiger charge is -2.18. The highest BCUT2D eigenvalue weighted by molar-refractivity contribution is 4.78. The SMILES string of the molecule is CCCN1CCC(CC(C)NCC)C1. The summed E-state index contributed by atoms with van der Waals surface area (Å²) in [6.45, 7) is 11.8. The molecule has 1 rings (SSSR count). The highest BCUT2D eigenvalue weighted by atomic mass is 15.1. The van der Waals surface area contributed by atoms with Crippen LogP contribution in [0.4, 0.5) is 0 Å². The minimum atomic E-state index is 0.701. The average molecular weight is 198 g/mol. The molecule has 1 aliphatic heterocycles. The van der Waals surface area contributed by atoms with Gasteiger partial charge in [0.05, 0.1) is 0 Å². The van der Waals surface area contributed by atoms with Crippen molar-refractivity contribution in [1.82, 2.24) is 10.2 Å². The van der Waals surface area contributed by atoms with Crippen molar-refractivity contribution in [1.29, 1.82) is 0 Å². The lowest BCUT2D eigenvalue weighted by Crippen LogP contribution is -2.29. The zero-order valence-electron chi connectivity index (χ0n) is 10.1. The summed E-state index contributed by atoms with van der Waals surface area (Å²) in [6, 6.07) is 0.701. The number of likely N-dealkylation sites (tertiary alicyclic amines) is 1. The van der Waals surface area contributed by atoms with Crippen molar-refractivity contribution in [3.63, 3.8) is 0 Å². The van der Waals surface area contributed by atoms with E-state index in [9.17, 15) is 0 Å². The standard InChI is InChI=1S/C12H26N2/c1-4-7-14-8-6-12(10-14)9-11(3)13-5-2/h11-13H,4-10H2,1-3H3. The molecule has 1 aliphatic rings. The molecule has 2 atom stereocenters. The summed E-state index contributed by atoms with van der Waals surface area (Å²) < 4.78 is 0. The van der Waals surface area contributed by atoms with Crippen molar-refractivity contribution in [2.24, 2.45) is 5.92 Å². The molecule has 0 spiro atoms. The summed E-state index contributed by atoms with van der Waals surface area (Å²) in [6.07, 6.45) is 4.07. The molecule has 0 aromatic carbocycles. The maximum Gasteiger partial charge on any atom is 0.00417 e. The lowest BCUT2D eigenvalue weighted by atomic mass is 10.0. The Labute approximate surface area is 89.1 Å². The van der Waals surface area contributed by atoms with Gasteiger partial charge < -0.3 is 10.2 Å². The summed E-state index contributed by atoms with van der Waals surface area (Å²) in [4.78, 5) is 2.61. The zero-order valence-corrected chi connectivity index (χ0v) is 10.1. The first kappa shape index (κ1) is 12.0. The van der Waals surface area contributed by atoms with Crippen LogP contribution in [0.15, 0.2) is 0 Å². The topological polar surface area (TPSA) is 15.3 Å². The maximum absolute atomic E-state index is 3.50. The van der Waals surface area contributed by atoms with Crippen LogP contribution in [0, 0.1) is 5.92 Å². The maximum atomic E-state index is 3.50. The van der Waals surface area contributed by atoms with Crippen LogP contribution in [0.5, 0.6) is 0 Å². The number of nitrogens with one attached hydrogen (secondary N) is 1. The molecule has 1 saturated heterocycles. The van der Waals surface area contributed by atoms with E-state index < -0.39 is 0 Å². The van der Waals surface area contributed by atoms with Crippen LogP contribution in [-0.4, -0.2) is 37.1 Å². The Morgan fingerprint density at radius 2 is 2.21 bits per heavy atom. The minimum Gasteiger partial charge on any atom is -0.315 e. The molecule has 0 amide bonds. The van der Waals surface area contributed by atoms with Gasteiger partial charge in [-0.2, -0.15) is 0 Å². The Bertz CT molecular complexity index is 147. The molecule has 0 aliphatic carbocycles. The van der Waals surface area contributed by atoms with Crippen molar-refractivity contribution in [2.45, 2.75) is 46.1 Å². The van der Waals surface area contributed by atoms with Gasteiger partial charge >= 0.3 is 0 Å². The van der Waals surface area contributed by atoms with E-state index in [1.165, 1.54) is 38.9 Å². The molecule has 2 nitrogen and oxygen atoms in total. The third kappa shape index (κ3) is 3.97. The molecule has 0 bridgehead atoms. The van der Waals surface area contributed by atoms with Crippen molar-refractivity contribution < 1.29 is 0 Å². The second-order valence-corrected chi connectivity index (χ2v) is 4.65. The summed E-state index contributed by atoms with van der Waals surface area (Å²) in [7, 11) is 0. The van der Waals surface area contributed by atoms with Crippen LogP contribution in [0.3, 0.4) is 0 Å². The van der Waals surface area contributed by atoms with E-state index in [1.807, 2.05) is 0 Å². The third-order valence-electron chi connectivity index (χ3n) is 3.15. The molecular weight excluding hydrogens is 172 g/mol. The van der Waals surface area contributed by atoms with Crippen LogP contribution in [0.25, 0.3) is 0 Å². The van der Waals surface area contributed by atoms with Gasteiger partial charge in [-0.15, -0.1) is 0 Å². The largest absolute Gasteiger partial charge is 0.315 e. The van der Waals surface area contributed by atoms with Gasteiger partial charge in [0.1, 0.15) is 0 Å². The molecule has 1 N–H and O–H groups in total. The second kappa shape index (κ2) is 6.41. The van der Waals surface area contributed by atoms with E-state index in [0.29, 0.717) is 6.04 Å². The quantitative estimate of drug-likeness (QED) is 0.703. The van der Waals surface area contributed by atoms with Crippen LogP contribution in [0.2, 0.25) is 0 Å². The predicted octanol–water partition coefficient (Wildman–Crippen LogP) is 2.11. The molecule has 0 radical (unpaired) electrons. The Morgan fingerprint density at radius 3 is 2.86 bits per heavy atom. The molecule has 1 fully saturated rings. The molecular formula is C12H26N2. The van der Waals surface area contributed by atoms with Gasteiger partial charge in [0.15, 0.2) is 0 Å². The summed E-state index contributed by atoms with van der Waals surface area (Å²) in [5, 5.41) is 3.50. The van der Waals surface area contributed by atoms with Gasteiger partial charge in [-0.3, -0.25) is 0 Å². The van der Waals surface area contributed by atoms with E-state index >= 15 is 0 Å². The van der Waals surface area contributed by atoms with Crippen LogP contribution in [0.1, 0.15) is 40.0 Å². The van der Waals surface area contributed by atoms with E-state index in [0.717, 1.165) is 12.5 Å². The van der Waals surface area contributed by atoms with E-state index in [4.69, 9.17) is 0 Å². The first-order chi connectivity index (χ1) is 6.76. The van der Waals surface area contributed by atoms with Gasteiger partial charge in [0.2, 0.25) is 0 Å². The monoisotopic (exact) mass is 198 g/mol. The Kier molecular flexibility index (Phi) is 5.49. The van der Waals surface area contributed by atoms with Crippen LogP contribution >= 0.6 is 0 Å². The fourth-order valence-electron chi connectivity index (χ4n) is 2.56. The summed E-state index contributed by atoms with van der Waals surface area (Å²) in [5.41, 5.74) is 0. The van der Waals surface area contributed by atoms with Gasteiger partial charge in [-0.05, 0) is 51.7 Å². The van der Waals surface area contributed by atoms with Crippen molar-refractivity contribution in [2.75, 3.05) is 26.2 Å². The second-order valence-electron chi connectivity index (χ2n) is 4.65. The van der Waals surface area contributed by atoms with Crippen molar-refractivity contribution in [3.8, 4) is 0 Å². The lowest BCUT2D eigenvalue weighted by molar-refractivity contribution is 0.313. The van der Waals surface area contributed by atoms with Crippen molar-refractivity contribution >= 4 is 0 Å². The van der Waals surface area contributed by atoms with Crippen LogP contribution < -0.4 is 5.32 Å².